The molecular weight excluding hydrogens is 647 g/mol. The second kappa shape index (κ2) is 10.9. The van der Waals surface area contributed by atoms with Crippen LogP contribution in [0.2, 0.25) is 0 Å². The van der Waals surface area contributed by atoms with Gasteiger partial charge in [0.2, 0.25) is 0 Å². The van der Waals surface area contributed by atoms with E-state index in [1.54, 1.807) is 11.3 Å². The molecule has 7 aromatic carbocycles. The fraction of sp³-hybridized carbons (Fsp3) is 0. The Hall–Kier alpha value is -6.63. The number of hydrogen-bond donors (Lipinski definition) is 0. The van der Waals surface area contributed by atoms with E-state index in [1.165, 1.54) is 20.2 Å². The van der Waals surface area contributed by atoms with Gasteiger partial charge in [-0.15, -0.1) is 11.3 Å². The third-order valence-electron chi connectivity index (χ3n) is 9.75. The Morgan fingerprint density at radius 3 is 1.92 bits per heavy atom. The maximum absolute atomic E-state index is 6.61. The van der Waals surface area contributed by atoms with E-state index >= 15 is 0 Å². The van der Waals surface area contributed by atoms with Crippen LogP contribution in [0.4, 0.5) is 0 Å². The maximum atomic E-state index is 6.61. The Morgan fingerprint density at radius 2 is 1.00 bits per heavy atom. The third kappa shape index (κ3) is 4.50. The lowest BCUT2D eigenvalue weighted by molar-refractivity contribution is 0.669. The first-order chi connectivity index (χ1) is 25.2. The lowest BCUT2D eigenvalue weighted by Crippen LogP contribution is -2.00. The number of rotatable bonds is 4. The standard InChI is InChI=1S/C45H25N3O2S/c1-2-9-26(10-3-1)43-46-44(29-19-22-41-36(24-29)32-12-5-7-16-40(32)51-41)48-45(47-43)34-14-8-13-33-35-23-27(18-21-38(35)50-42(33)34)28-17-20-31-30-11-4-6-15-37(30)49-39(31)25-28/h1-25H. The monoisotopic (exact) mass is 671 g/mol. The summed E-state index contributed by atoms with van der Waals surface area (Å²) in [5.41, 5.74) is 8.16. The van der Waals surface area contributed by atoms with Crippen molar-refractivity contribution in [3.8, 4) is 45.3 Å². The summed E-state index contributed by atoms with van der Waals surface area (Å²) in [4.78, 5) is 15.2. The van der Waals surface area contributed by atoms with Crippen LogP contribution < -0.4 is 0 Å². The summed E-state index contributed by atoms with van der Waals surface area (Å²) in [5.74, 6) is 1.80. The van der Waals surface area contributed by atoms with Gasteiger partial charge in [-0.2, -0.15) is 0 Å². The van der Waals surface area contributed by atoms with E-state index < -0.39 is 0 Å². The number of hydrogen-bond acceptors (Lipinski definition) is 6. The molecule has 11 rings (SSSR count). The van der Waals surface area contributed by atoms with E-state index in [2.05, 4.69) is 91.0 Å². The highest BCUT2D eigenvalue weighted by Gasteiger charge is 2.19. The zero-order valence-electron chi connectivity index (χ0n) is 27.0. The summed E-state index contributed by atoms with van der Waals surface area (Å²) in [6.07, 6.45) is 0. The van der Waals surface area contributed by atoms with Gasteiger partial charge in [0.15, 0.2) is 17.5 Å². The Labute approximate surface area is 295 Å². The van der Waals surface area contributed by atoms with Gasteiger partial charge in [-0.1, -0.05) is 91.0 Å². The van der Waals surface area contributed by atoms with Crippen molar-refractivity contribution in [2.45, 2.75) is 0 Å². The number of para-hydroxylation sites is 2. The molecule has 0 amide bonds. The number of nitrogens with zero attached hydrogens (tertiary/aromatic N) is 3. The number of furan rings is 2. The molecule has 0 unspecified atom stereocenters. The van der Waals surface area contributed by atoms with Crippen molar-refractivity contribution in [1.82, 2.24) is 15.0 Å². The summed E-state index contributed by atoms with van der Waals surface area (Å²) in [7, 11) is 0. The number of fused-ring (bicyclic) bond motifs is 9. The summed E-state index contributed by atoms with van der Waals surface area (Å²) in [6, 6.07) is 52.2. The Morgan fingerprint density at radius 1 is 0.353 bits per heavy atom. The van der Waals surface area contributed by atoms with Gasteiger partial charge in [-0.3, -0.25) is 0 Å². The van der Waals surface area contributed by atoms with Crippen molar-refractivity contribution < 1.29 is 8.83 Å². The number of benzene rings is 7. The zero-order valence-corrected chi connectivity index (χ0v) is 27.8. The minimum absolute atomic E-state index is 0.564. The van der Waals surface area contributed by atoms with Crippen LogP contribution >= 0.6 is 11.3 Å². The molecule has 5 nitrogen and oxygen atoms in total. The molecule has 0 atom stereocenters. The fourth-order valence-electron chi connectivity index (χ4n) is 7.27. The predicted octanol–water partition coefficient (Wildman–Crippen LogP) is 12.7. The van der Waals surface area contributed by atoms with Crippen LogP contribution in [0.1, 0.15) is 0 Å². The smallest absolute Gasteiger partial charge is 0.167 e. The molecule has 0 radical (unpaired) electrons. The maximum Gasteiger partial charge on any atom is 0.167 e. The lowest BCUT2D eigenvalue weighted by Gasteiger charge is -2.09. The first kappa shape index (κ1) is 28.2. The Bertz CT molecular complexity index is 3160. The molecule has 0 saturated carbocycles. The van der Waals surface area contributed by atoms with E-state index in [0.717, 1.165) is 71.7 Å². The van der Waals surface area contributed by atoms with Crippen molar-refractivity contribution in [3.63, 3.8) is 0 Å². The summed E-state index contributed by atoms with van der Waals surface area (Å²) in [5, 5.41) is 6.71. The fourth-order valence-corrected chi connectivity index (χ4v) is 8.35. The van der Waals surface area contributed by atoms with Crippen molar-refractivity contribution in [3.05, 3.63) is 152 Å². The van der Waals surface area contributed by atoms with Crippen LogP contribution in [0.15, 0.2) is 160 Å². The Balaban J connectivity index is 1.07. The van der Waals surface area contributed by atoms with Gasteiger partial charge in [0.1, 0.15) is 22.3 Å². The van der Waals surface area contributed by atoms with Crippen LogP contribution in [0.5, 0.6) is 0 Å². The molecule has 0 bridgehead atoms. The van der Waals surface area contributed by atoms with Gasteiger partial charge in [-0.05, 0) is 71.8 Å². The van der Waals surface area contributed by atoms with Crippen LogP contribution in [-0.2, 0) is 0 Å². The van der Waals surface area contributed by atoms with Gasteiger partial charge in [0.25, 0.3) is 0 Å². The van der Waals surface area contributed by atoms with E-state index in [-0.39, 0.29) is 0 Å². The largest absolute Gasteiger partial charge is 0.456 e. The van der Waals surface area contributed by atoms with Gasteiger partial charge in [-0.25, -0.2) is 15.0 Å². The second-order valence-corrected chi connectivity index (χ2v) is 13.9. The molecule has 0 N–H and O–H groups in total. The number of thiophene rings is 1. The van der Waals surface area contributed by atoms with Crippen molar-refractivity contribution in [2.75, 3.05) is 0 Å². The van der Waals surface area contributed by atoms with Gasteiger partial charge < -0.3 is 8.83 Å². The predicted molar refractivity (Wildman–Crippen MR) is 209 cm³/mol. The molecule has 0 aliphatic heterocycles. The normalized spacial score (nSPS) is 11.9. The molecule has 0 spiro atoms. The minimum atomic E-state index is 0.564. The molecule has 238 valence electrons. The molecule has 4 heterocycles. The highest BCUT2D eigenvalue weighted by atomic mass is 32.1. The number of aromatic nitrogens is 3. The molecule has 0 aliphatic rings. The summed E-state index contributed by atoms with van der Waals surface area (Å²) in [6.45, 7) is 0. The molecule has 0 aliphatic carbocycles. The first-order valence-corrected chi connectivity index (χ1v) is 17.7. The molecule has 0 saturated heterocycles. The van der Waals surface area contributed by atoms with E-state index in [1.807, 2.05) is 60.7 Å². The second-order valence-electron chi connectivity index (χ2n) is 12.8. The van der Waals surface area contributed by atoms with Crippen molar-refractivity contribution in [1.29, 1.82) is 0 Å². The zero-order chi connectivity index (χ0) is 33.5. The van der Waals surface area contributed by atoms with Gasteiger partial charge in [0, 0.05) is 52.8 Å². The first-order valence-electron chi connectivity index (χ1n) is 16.8. The molecule has 6 heteroatoms. The average molecular weight is 672 g/mol. The van der Waals surface area contributed by atoms with Crippen molar-refractivity contribution >= 4 is 75.4 Å². The van der Waals surface area contributed by atoms with Crippen LogP contribution in [0.25, 0.3) is 109 Å². The van der Waals surface area contributed by atoms with E-state index in [4.69, 9.17) is 23.8 Å². The average Bonchev–Trinajstić information content (AvgIpc) is 3.88. The molecule has 11 aromatic rings. The lowest BCUT2D eigenvalue weighted by atomic mass is 10.0. The molecule has 0 fully saturated rings. The van der Waals surface area contributed by atoms with Gasteiger partial charge >= 0.3 is 0 Å². The molecule has 51 heavy (non-hydrogen) atoms. The van der Waals surface area contributed by atoms with Crippen LogP contribution in [0, 0.1) is 0 Å². The van der Waals surface area contributed by atoms with Crippen LogP contribution in [-0.4, -0.2) is 15.0 Å². The third-order valence-corrected chi connectivity index (χ3v) is 10.9. The Kier molecular flexibility index (Phi) is 6.05. The van der Waals surface area contributed by atoms with Gasteiger partial charge in [0.05, 0.1) is 5.56 Å². The van der Waals surface area contributed by atoms with Crippen LogP contribution in [0.3, 0.4) is 0 Å². The molecular formula is C45H25N3O2S. The summed E-state index contributed by atoms with van der Waals surface area (Å²) >= 11 is 1.80. The quantitative estimate of drug-likeness (QED) is 0.186. The highest BCUT2D eigenvalue weighted by molar-refractivity contribution is 7.25. The van der Waals surface area contributed by atoms with E-state index in [0.29, 0.717) is 17.5 Å². The highest BCUT2D eigenvalue weighted by Crippen LogP contribution is 2.40. The SMILES string of the molecule is c1ccc(-c2nc(-c3ccc4sc5ccccc5c4c3)nc(-c3cccc4c3oc3ccc(-c5ccc6c(c5)oc5ccccc56)cc34)n2)cc1. The minimum Gasteiger partial charge on any atom is -0.456 e. The van der Waals surface area contributed by atoms with Crippen molar-refractivity contribution in [2.24, 2.45) is 0 Å². The summed E-state index contributed by atoms with van der Waals surface area (Å²) < 4.78 is 15.3. The van der Waals surface area contributed by atoms with E-state index in [9.17, 15) is 0 Å². The topological polar surface area (TPSA) is 65.0 Å². The molecule has 4 aromatic heterocycles.